The summed E-state index contributed by atoms with van der Waals surface area (Å²) in [6, 6.07) is 4.63. The third-order valence-corrected chi connectivity index (χ3v) is 8.92. The van der Waals surface area contributed by atoms with E-state index in [1.165, 1.54) is 6.08 Å². The van der Waals surface area contributed by atoms with Gasteiger partial charge in [0.1, 0.15) is 18.2 Å². The van der Waals surface area contributed by atoms with E-state index in [4.69, 9.17) is 14.7 Å². The van der Waals surface area contributed by atoms with Crippen LogP contribution in [0.1, 0.15) is 36.1 Å². The van der Waals surface area contributed by atoms with E-state index in [0.29, 0.717) is 50.7 Å². The monoisotopic (exact) mass is 568 g/mol. The number of amidine groups is 1. The van der Waals surface area contributed by atoms with Crippen molar-refractivity contribution < 1.29 is 9.53 Å². The number of piperazine rings is 1. The van der Waals surface area contributed by atoms with Crippen LogP contribution < -0.4 is 9.64 Å². The predicted molar refractivity (Wildman–Crippen MR) is 158 cm³/mol. The van der Waals surface area contributed by atoms with Crippen LogP contribution in [0.3, 0.4) is 0 Å². The normalized spacial score (nSPS) is 23.5. The van der Waals surface area contributed by atoms with Gasteiger partial charge in [0.25, 0.3) is 0 Å². The first kappa shape index (κ1) is 27.7. The topological polar surface area (TPSA) is 128 Å². The molecule has 12 heteroatoms. The number of aliphatic imine (C=N–C) groups is 2. The summed E-state index contributed by atoms with van der Waals surface area (Å²) in [4.78, 5) is 37.2. The first-order valence-electron chi connectivity index (χ1n) is 14.7. The minimum absolute atomic E-state index is 0.181. The van der Waals surface area contributed by atoms with Crippen molar-refractivity contribution in [3.63, 3.8) is 0 Å². The van der Waals surface area contributed by atoms with Crippen molar-refractivity contribution in [1.82, 2.24) is 24.6 Å². The summed E-state index contributed by atoms with van der Waals surface area (Å²) in [5, 5.41) is 20.0. The van der Waals surface area contributed by atoms with Crippen LogP contribution in [0.5, 0.6) is 5.88 Å². The highest BCUT2D eigenvalue weighted by Gasteiger charge is 2.36. The molecule has 1 aromatic rings. The summed E-state index contributed by atoms with van der Waals surface area (Å²) >= 11 is 0. The second-order valence-electron chi connectivity index (χ2n) is 11.3. The molecule has 6 heterocycles. The Kier molecular flexibility index (Phi) is 7.81. The molecule has 42 heavy (non-hydrogen) atoms. The zero-order valence-electron chi connectivity index (χ0n) is 24.1. The Labute approximate surface area is 246 Å². The molecule has 6 rings (SSSR count). The Morgan fingerprint density at radius 1 is 1.19 bits per heavy atom. The number of amides is 1. The molecule has 0 radical (unpaired) electrons. The molecule has 0 bridgehead atoms. The fraction of sp³-hybridized carbons (Fsp3) is 0.533. The third kappa shape index (κ3) is 5.07. The maximum Gasteiger partial charge on any atom is 0.246 e. The summed E-state index contributed by atoms with van der Waals surface area (Å²) in [6.45, 7) is 9.39. The van der Waals surface area contributed by atoms with E-state index < -0.39 is 0 Å². The first-order valence-corrected chi connectivity index (χ1v) is 14.7. The number of likely N-dealkylation sites (N-methyl/N-ethyl adjacent to an activating group) is 1. The van der Waals surface area contributed by atoms with Crippen molar-refractivity contribution in [1.29, 1.82) is 10.5 Å². The molecule has 0 unspecified atom stereocenters. The number of hydrogen-bond acceptors (Lipinski definition) is 11. The van der Waals surface area contributed by atoms with Gasteiger partial charge >= 0.3 is 0 Å². The van der Waals surface area contributed by atoms with Gasteiger partial charge in [-0.1, -0.05) is 6.58 Å². The van der Waals surface area contributed by atoms with Crippen LogP contribution in [0.2, 0.25) is 0 Å². The van der Waals surface area contributed by atoms with Gasteiger partial charge in [0, 0.05) is 44.3 Å². The Balaban J connectivity index is 1.36. The number of ether oxygens (including phenoxy) is 1. The maximum absolute atomic E-state index is 12.6. The van der Waals surface area contributed by atoms with Gasteiger partial charge in [0.15, 0.2) is 5.84 Å². The molecule has 2 fully saturated rings. The quantitative estimate of drug-likeness (QED) is 0.450. The van der Waals surface area contributed by atoms with Gasteiger partial charge in [-0.25, -0.2) is 9.98 Å². The second kappa shape index (κ2) is 11.8. The molecule has 0 saturated carbocycles. The molecule has 5 aliphatic rings. The second-order valence-corrected chi connectivity index (χ2v) is 11.3. The van der Waals surface area contributed by atoms with Crippen molar-refractivity contribution >= 4 is 23.8 Å². The zero-order valence-corrected chi connectivity index (χ0v) is 24.1. The smallest absolute Gasteiger partial charge is 0.246 e. The van der Waals surface area contributed by atoms with E-state index in [1.807, 2.05) is 12.5 Å². The average molecular weight is 569 g/mol. The van der Waals surface area contributed by atoms with Crippen LogP contribution in [0.25, 0.3) is 0 Å². The Morgan fingerprint density at radius 2 is 2.07 bits per heavy atom. The highest BCUT2D eigenvalue weighted by molar-refractivity contribution is 6.06. The summed E-state index contributed by atoms with van der Waals surface area (Å²) < 4.78 is 6.36. The lowest BCUT2D eigenvalue weighted by molar-refractivity contribution is -0.128. The minimum Gasteiger partial charge on any atom is -0.475 e. The van der Waals surface area contributed by atoms with Crippen molar-refractivity contribution in [3.8, 4) is 18.0 Å². The molecule has 2 atom stereocenters. The molecule has 1 amide bonds. The number of likely N-dealkylation sites (tertiary alicyclic amines) is 1. The first-order chi connectivity index (χ1) is 20.5. The van der Waals surface area contributed by atoms with Crippen molar-refractivity contribution in [2.24, 2.45) is 9.98 Å². The highest BCUT2D eigenvalue weighted by atomic mass is 16.5. The van der Waals surface area contributed by atoms with E-state index in [0.717, 1.165) is 67.5 Å². The van der Waals surface area contributed by atoms with Crippen molar-refractivity contribution in [3.05, 3.63) is 41.4 Å². The number of hydrogen-bond donors (Lipinski definition) is 0. The minimum atomic E-state index is -0.308. The van der Waals surface area contributed by atoms with Crippen LogP contribution in [0.15, 0.2) is 34.5 Å². The van der Waals surface area contributed by atoms with Gasteiger partial charge in [-0.3, -0.25) is 9.79 Å². The summed E-state index contributed by atoms with van der Waals surface area (Å²) in [5.41, 5.74) is 4.12. The number of rotatable bonds is 7. The summed E-state index contributed by atoms with van der Waals surface area (Å²) in [7, 11) is 2.10. The lowest BCUT2D eigenvalue weighted by atomic mass is 9.96. The molecule has 218 valence electrons. The average Bonchev–Trinajstić information content (AvgIpc) is 3.67. The molecule has 0 aromatic carbocycles. The van der Waals surface area contributed by atoms with Crippen LogP contribution in [-0.2, 0) is 17.8 Å². The molecule has 0 spiro atoms. The lowest BCUT2D eigenvalue weighted by Gasteiger charge is -2.43. The number of fused-ring (bicyclic) bond motifs is 2. The van der Waals surface area contributed by atoms with Gasteiger partial charge in [-0.05, 0) is 38.9 Å². The highest BCUT2D eigenvalue weighted by Crippen LogP contribution is 2.38. The molecule has 0 aliphatic carbocycles. The Morgan fingerprint density at radius 3 is 2.83 bits per heavy atom. The fourth-order valence-electron chi connectivity index (χ4n) is 6.67. The number of nitriles is 2. The summed E-state index contributed by atoms with van der Waals surface area (Å²) in [5.74, 6) is 1.11. The number of pyridine rings is 1. The van der Waals surface area contributed by atoms with Gasteiger partial charge < -0.3 is 29.2 Å². The fourth-order valence-corrected chi connectivity index (χ4v) is 6.67. The number of anilines is 1. The Hall–Kier alpha value is -4.42. The molecule has 12 nitrogen and oxygen atoms in total. The maximum atomic E-state index is 12.6. The lowest BCUT2D eigenvalue weighted by Crippen LogP contribution is -2.55. The molecule has 5 aliphatic heterocycles. The van der Waals surface area contributed by atoms with Gasteiger partial charge in [0.05, 0.1) is 61.2 Å². The number of nitrogens with zero attached hydrogens (tertiary/aromatic N) is 10. The van der Waals surface area contributed by atoms with E-state index in [2.05, 4.69) is 50.4 Å². The van der Waals surface area contributed by atoms with Crippen LogP contribution in [-0.4, -0.2) is 114 Å². The Bertz CT molecular complexity index is 1440. The zero-order chi connectivity index (χ0) is 29.2. The van der Waals surface area contributed by atoms with Crippen molar-refractivity contribution in [2.45, 2.75) is 44.3 Å². The van der Waals surface area contributed by atoms with Crippen molar-refractivity contribution in [2.75, 3.05) is 64.4 Å². The number of carbonyl (C=O) groups is 1. The number of aromatic nitrogens is 1. The van der Waals surface area contributed by atoms with Crippen LogP contribution in [0.4, 0.5) is 5.69 Å². The van der Waals surface area contributed by atoms with Crippen LogP contribution in [0, 0.1) is 22.7 Å². The molecule has 0 N–H and O–H groups in total. The predicted octanol–water partition coefficient (Wildman–Crippen LogP) is 1.50. The molecule has 1 aromatic heterocycles. The van der Waals surface area contributed by atoms with Gasteiger partial charge in [-0.2, -0.15) is 10.5 Å². The van der Waals surface area contributed by atoms with Gasteiger partial charge in [0.2, 0.25) is 11.8 Å². The SMILES string of the molecule is C=CC(=O)N1CCN(c2c(C#N)c(OC[C@@H]3CCCN3C)nc3c2CCN(C2=CN=CN4CCN=C24)C3)C[C@@H]1CC#N. The van der Waals surface area contributed by atoms with E-state index >= 15 is 0 Å². The van der Waals surface area contributed by atoms with E-state index in [1.54, 1.807) is 4.90 Å². The third-order valence-electron chi connectivity index (χ3n) is 8.92. The van der Waals surface area contributed by atoms with Gasteiger partial charge in [-0.15, -0.1) is 0 Å². The largest absolute Gasteiger partial charge is 0.475 e. The summed E-state index contributed by atoms with van der Waals surface area (Å²) in [6.07, 6.45) is 8.04. The molecular formula is C30H36N10O2. The van der Waals surface area contributed by atoms with Crippen LogP contribution >= 0.6 is 0 Å². The molecule has 2 saturated heterocycles. The van der Waals surface area contributed by atoms with E-state index in [-0.39, 0.29) is 24.4 Å². The standard InChI is InChI=1S/C30H36N10O2/c1-3-27(41)40-14-13-38(17-21(40)6-8-31)28-23-7-11-37(26-16-33-20-39-12-9-34-29(26)39)18-25(23)35-30(24(28)15-32)42-19-22-5-4-10-36(22)2/h3,16,20-22H,1,4-7,9-14,17-19H2,2H3/t21-,22-/m0/s1. The molecular weight excluding hydrogens is 532 g/mol. The number of carbonyl (C=O) groups excluding carboxylic acids is 1. The van der Waals surface area contributed by atoms with E-state index in [9.17, 15) is 15.3 Å².